The molecule has 0 aliphatic carbocycles. The molecule has 3 aromatic rings. The van der Waals surface area contributed by atoms with Crippen LogP contribution in [0.25, 0.3) is 0 Å². The molecule has 0 saturated heterocycles. The molecule has 2 aromatic carbocycles. The number of amides is 1. The summed E-state index contributed by atoms with van der Waals surface area (Å²) in [5.41, 5.74) is 3.74. The minimum atomic E-state index is -0.134. The van der Waals surface area contributed by atoms with Crippen molar-refractivity contribution in [1.29, 1.82) is 0 Å². The first-order chi connectivity index (χ1) is 13.6. The van der Waals surface area contributed by atoms with Crippen LogP contribution in [-0.2, 0) is 13.0 Å². The Kier molecular flexibility index (Phi) is 6.32. The fourth-order valence-corrected chi connectivity index (χ4v) is 3.40. The van der Waals surface area contributed by atoms with Gasteiger partial charge in [-0.05, 0) is 29.3 Å². The molecular formula is C23H24ClN3O. The second-order valence-corrected chi connectivity index (χ2v) is 6.90. The number of hydrogen-bond donors (Lipinski definition) is 0. The quantitative estimate of drug-likeness (QED) is 0.561. The van der Waals surface area contributed by atoms with Gasteiger partial charge in [0.1, 0.15) is 0 Å². The molecule has 1 aliphatic rings. The van der Waals surface area contributed by atoms with Crippen molar-refractivity contribution in [2.24, 2.45) is 0 Å². The first-order valence-corrected chi connectivity index (χ1v) is 9.82. The van der Waals surface area contributed by atoms with E-state index >= 15 is 0 Å². The van der Waals surface area contributed by atoms with E-state index < -0.39 is 0 Å². The molecule has 5 heteroatoms. The van der Waals surface area contributed by atoms with Gasteiger partial charge in [0.15, 0.2) is 5.82 Å². The van der Waals surface area contributed by atoms with Gasteiger partial charge in [0, 0.05) is 36.4 Å². The number of halogens is 1. The van der Waals surface area contributed by atoms with Gasteiger partial charge in [-0.15, -0.1) is 0 Å². The van der Waals surface area contributed by atoms with Gasteiger partial charge in [-0.3, -0.25) is 4.79 Å². The number of imidazole rings is 1. The molecule has 0 N–H and O–H groups in total. The van der Waals surface area contributed by atoms with Crippen molar-refractivity contribution in [3.63, 3.8) is 0 Å². The third-order valence-corrected chi connectivity index (χ3v) is 4.62. The summed E-state index contributed by atoms with van der Waals surface area (Å²) in [6, 6.07) is 17.4. The zero-order chi connectivity index (χ0) is 20.1. The monoisotopic (exact) mass is 393 g/mol. The molecule has 2 heterocycles. The van der Waals surface area contributed by atoms with E-state index in [2.05, 4.69) is 23.7 Å². The van der Waals surface area contributed by atoms with Crippen LogP contribution in [0.15, 0.2) is 72.9 Å². The van der Waals surface area contributed by atoms with Gasteiger partial charge in [-0.2, -0.15) is 0 Å². The fraction of sp³-hybridized carbons (Fsp3) is 0.217. The van der Waals surface area contributed by atoms with Crippen molar-refractivity contribution in [2.45, 2.75) is 26.8 Å². The predicted molar refractivity (Wildman–Crippen MR) is 115 cm³/mol. The number of rotatable bonds is 3. The summed E-state index contributed by atoms with van der Waals surface area (Å²) in [5, 5.41) is 0.596. The van der Waals surface area contributed by atoms with E-state index in [9.17, 15) is 4.79 Å². The number of nitrogens with zero attached hydrogens (tertiary/aromatic N) is 3. The second-order valence-electron chi connectivity index (χ2n) is 6.47. The maximum atomic E-state index is 13.1. The number of carbonyl (C=O) groups excluding carboxylic acids is 1. The van der Waals surface area contributed by atoms with E-state index in [1.807, 2.05) is 54.9 Å². The van der Waals surface area contributed by atoms with Crippen LogP contribution in [0.5, 0.6) is 0 Å². The molecule has 0 spiro atoms. The molecule has 0 radical (unpaired) electrons. The molecule has 0 atom stereocenters. The van der Waals surface area contributed by atoms with Crippen molar-refractivity contribution in [3.05, 3.63) is 95.1 Å². The maximum Gasteiger partial charge on any atom is 0.294 e. The summed E-state index contributed by atoms with van der Waals surface area (Å²) in [6.07, 6.45) is 2.64. The van der Waals surface area contributed by atoms with Crippen LogP contribution >= 0.6 is 11.6 Å². The Hall–Kier alpha value is -2.85. The van der Waals surface area contributed by atoms with Crippen LogP contribution in [0.1, 0.15) is 35.7 Å². The highest BCUT2D eigenvalue weighted by atomic mass is 35.5. The lowest BCUT2D eigenvalue weighted by Gasteiger charge is -2.20. The molecule has 1 amide bonds. The predicted octanol–water partition coefficient (Wildman–Crippen LogP) is 5.37. The molecule has 4 rings (SSSR count). The van der Waals surface area contributed by atoms with E-state index in [1.54, 1.807) is 17.0 Å². The first kappa shape index (κ1) is 19.9. The Morgan fingerprint density at radius 1 is 1.07 bits per heavy atom. The van der Waals surface area contributed by atoms with E-state index in [-0.39, 0.29) is 5.91 Å². The average molecular weight is 394 g/mol. The Bertz CT molecular complexity index is 979. The topological polar surface area (TPSA) is 38.1 Å². The van der Waals surface area contributed by atoms with E-state index in [0.717, 1.165) is 17.0 Å². The van der Waals surface area contributed by atoms with Crippen LogP contribution in [0.4, 0.5) is 5.69 Å². The van der Waals surface area contributed by atoms with Gasteiger partial charge >= 0.3 is 0 Å². The highest BCUT2D eigenvalue weighted by molar-refractivity contribution is 6.31. The smallest absolute Gasteiger partial charge is 0.294 e. The molecule has 0 bridgehead atoms. The van der Waals surface area contributed by atoms with Gasteiger partial charge in [0.2, 0.25) is 0 Å². The van der Waals surface area contributed by atoms with Crippen molar-refractivity contribution < 1.29 is 4.79 Å². The van der Waals surface area contributed by atoms with Gasteiger partial charge in [-0.25, -0.2) is 4.98 Å². The van der Waals surface area contributed by atoms with Crippen LogP contribution in [0.2, 0.25) is 5.02 Å². The third-order valence-electron chi connectivity index (χ3n) is 4.39. The van der Waals surface area contributed by atoms with E-state index in [4.69, 9.17) is 11.6 Å². The Morgan fingerprint density at radius 3 is 2.54 bits per heavy atom. The van der Waals surface area contributed by atoms with Crippen LogP contribution in [-0.4, -0.2) is 22.0 Å². The summed E-state index contributed by atoms with van der Waals surface area (Å²) < 4.78 is 1.90. The molecule has 4 nitrogen and oxygen atoms in total. The molecule has 0 saturated carbocycles. The minimum Gasteiger partial charge on any atom is -0.322 e. The standard InChI is InChI=1S/C21H18ClN3O.C2H6/c1-15-12-24-14-18(10-16-6-3-2-4-7-16)23-20(24)21(26)25(13-15)19-9-5-8-17(22)11-19;1-2/h2-9,11,14H,1,10,12-13H2;1-2H3. The number of aromatic nitrogens is 2. The number of anilines is 1. The summed E-state index contributed by atoms with van der Waals surface area (Å²) in [7, 11) is 0. The first-order valence-electron chi connectivity index (χ1n) is 9.44. The normalized spacial score (nSPS) is 13.5. The fourth-order valence-electron chi connectivity index (χ4n) is 3.21. The van der Waals surface area contributed by atoms with Crippen molar-refractivity contribution >= 4 is 23.2 Å². The molecule has 0 unspecified atom stereocenters. The molecule has 144 valence electrons. The van der Waals surface area contributed by atoms with Crippen LogP contribution in [0, 0.1) is 0 Å². The maximum absolute atomic E-state index is 13.1. The van der Waals surface area contributed by atoms with Crippen LogP contribution in [0.3, 0.4) is 0 Å². The van der Waals surface area contributed by atoms with Crippen molar-refractivity contribution in [1.82, 2.24) is 9.55 Å². The molecule has 28 heavy (non-hydrogen) atoms. The average Bonchev–Trinajstić information content (AvgIpc) is 3.05. The van der Waals surface area contributed by atoms with E-state index in [1.165, 1.54) is 5.56 Å². The van der Waals surface area contributed by atoms with E-state index in [0.29, 0.717) is 30.4 Å². The Balaban J connectivity index is 0.00000109. The lowest BCUT2D eigenvalue weighted by Crippen LogP contribution is -2.32. The molecule has 0 fully saturated rings. The van der Waals surface area contributed by atoms with Crippen LogP contribution < -0.4 is 4.90 Å². The van der Waals surface area contributed by atoms with Gasteiger partial charge in [0.05, 0.1) is 5.69 Å². The summed E-state index contributed by atoms with van der Waals surface area (Å²) in [6.45, 7) is 9.16. The van der Waals surface area contributed by atoms with Crippen molar-refractivity contribution in [2.75, 3.05) is 11.4 Å². The summed E-state index contributed by atoms with van der Waals surface area (Å²) >= 11 is 6.10. The van der Waals surface area contributed by atoms with Gasteiger partial charge in [0.25, 0.3) is 5.91 Å². The SMILES string of the molecule is C=C1CN(c2cccc(Cl)c2)C(=O)c2nc(Cc3ccccc3)cn2C1.CC. The summed E-state index contributed by atoms with van der Waals surface area (Å²) in [5.74, 6) is 0.305. The Labute approximate surface area is 171 Å². The number of carbonyl (C=O) groups is 1. The number of hydrogen-bond acceptors (Lipinski definition) is 2. The number of benzene rings is 2. The number of fused-ring (bicyclic) bond motifs is 1. The molecule has 1 aromatic heterocycles. The third kappa shape index (κ3) is 4.34. The second kappa shape index (κ2) is 8.89. The van der Waals surface area contributed by atoms with Crippen molar-refractivity contribution in [3.8, 4) is 0 Å². The van der Waals surface area contributed by atoms with Gasteiger partial charge < -0.3 is 9.47 Å². The largest absolute Gasteiger partial charge is 0.322 e. The lowest BCUT2D eigenvalue weighted by molar-refractivity contribution is 0.0979. The Morgan fingerprint density at radius 2 is 1.82 bits per heavy atom. The molecule has 1 aliphatic heterocycles. The highest BCUT2D eigenvalue weighted by Gasteiger charge is 2.27. The molecular weight excluding hydrogens is 370 g/mol. The lowest BCUT2D eigenvalue weighted by atomic mass is 10.1. The highest BCUT2D eigenvalue weighted by Crippen LogP contribution is 2.25. The summed E-state index contributed by atoms with van der Waals surface area (Å²) in [4.78, 5) is 19.4. The minimum absolute atomic E-state index is 0.134. The van der Waals surface area contributed by atoms with Gasteiger partial charge in [-0.1, -0.05) is 68.4 Å². The zero-order valence-electron chi connectivity index (χ0n) is 16.2. The zero-order valence-corrected chi connectivity index (χ0v) is 17.0.